The fraction of sp³-hybridized carbons (Fsp3) is 0.593. The van der Waals surface area contributed by atoms with E-state index >= 15 is 0 Å². The minimum atomic E-state index is -3.76. The fourth-order valence-corrected chi connectivity index (χ4v) is 11.9. The van der Waals surface area contributed by atoms with E-state index in [1.807, 2.05) is 0 Å². The van der Waals surface area contributed by atoms with Crippen molar-refractivity contribution < 1.29 is 26.7 Å². The third kappa shape index (κ3) is 6.98. The van der Waals surface area contributed by atoms with Gasteiger partial charge in [0.2, 0.25) is 10.0 Å². The molecule has 0 amide bonds. The number of hydrogen-bond acceptors (Lipinski definition) is 7. The topological polar surface area (TPSA) is 115 Å². The Hall–Kier alpha value is -0.930. The van der Waals surface area contributed by atoms with Crippen molar-refractivity contribution >= 4 is 82.2 Å². The van der Waals surface area contributed by atoms with Gasteiger partial charge in [0.15, 0.2) is 0 Å². The van der Waals surface area contributed by atoms with E-state index in [0.717, 1.165) is 75.1 Å². The zero-order valence-electron chi connectivity index (χ0n) is 22.9. The Morgan fingerprint density at radius 1 is 0.905 bits per heavy atom. The normalized spacial score (nSPS) is 20.6. The maximum Gasteiger partial charge on any atom is 0.309 e. The van der Waals surface area contributed by atoms with Crippen LogP contribution >= 0.6 is 50.5 Å². The van der Waals surface area contributed by atoms with E-state index in [1.165, 1.54) is 10.4 Å². The first kappa shape index (κ1) is 32.5. The van der Waals surface area contributed by atoms with Gasteiger partial charge in [0.1, 0.15) is 8.55 Å². The van der Waals surface area contributed by atoms with E-state index in [4.69, 9.17) is 28.3 Å². The van der Waals surface area contributed by atoms with Crippen molar-refractivity contribution in [2.24, 2.45) is 17.8 Å². The molecule has 3 aliphatic heterocycles. The average Bonchev–Trinajstić information content (AvgIpc) is 3.27. The number of benzene rings is 1. The lowest BCUT2D eigenvalue weighted by Gasteiger charge is -2.36. The van der Waals surface area contributed by atoms with Gasteiger partial charge in [-0.15, -0.1) is 11.3 Å². The molecule has 3 fully saturated rings. The Morgan fingerprint density at radius 3 is 2.02 bits per heavy atom. The second-order valence-electron chi connectivity index (χ2n) is 11.4. The van der Waals surface area contributed by atoms with E-state index in [1.54, 1.807) is 22.5 Å². The van der Waals surface area contributed by atoms with Crippen LogP contribution in [0.5, 0.6) is 0 Å². The molecule has 1 N–H and O–H groups in total. The van der Waals surface area contributed by atoms with Gasteiger partial charge in [-0.3, -0.25) is 4.79 Å². The van der Waals surface area contributed by atoms with Crippen molar-refractivity contribution in [2.45, 2.75) is 54.1 Å². The summed E-state index contributed by atoms with van der Waals surface area (Å²) in [5, 5.41) is 9.42. The lowest BCUT2D eigenvalue weighted by Crippen LogP contribution is -2.52. The molecular formula is C27H34BrCl2N3O6S3. The smallest absolute Gasteiger partial charge is 0.309 e. The summed E-state index contributed by atoms with van der Waals surface area (Å²) >= 11 is 17.0. The zero-order valence-corrected chi connectivity index (χ0v) is 28.5. The molecule has 15 heteroatoms. The van der Waals surface area contributed by atoms with Crippen LogP contribution in [0.25, 0.3) is 0 Å². The SMILES string of the molecule is O=C(O)C1CN(S(=O)(=O)c2ccc(N3CCC(CCCC4CCN(S(=O)(=O)c5cc(Br)c(Cl)s5)CC4)CC3)c(Cl)c2)C1. The van der Waals surface area contributed by atoms with Crippen LogP contribution in [-0.4, -0.2) is 75.8 Å². The summed E-state index contributed by atoms with van der Waals surface area (Å²) in [5.41, 5.74) is 0.819. The van der Waals surface area contributed by atoms with Crippen LogP contribution in [0.2, 0.25) is 9.36 Å². The first-order valence-corrected chi connectivity index (χ1v) is 19.3. The number of carboxylic acids is 1. The van der Waals surface area contributed by atoms with E-state index < -0.39 is 31.9 Å². The zero-order chi connectivity index (χ0) is 30.2. The van der Waals surface area contributed by atoms with Gasteiger partial charge in [-0.05, 0) is 77.7 Å². The van der Waals surface area contributed by atoms with E-state index in [-0.39, 0.29) is 22.2 Å². The Balaban J connectivity index is 1.04. The maximum absolute atomic E-state index is 13.0. The van der Waals surface area contributed by atoms with Crippen LogP contribution in [0.15, 0.2) is 37.8 Å². The highest BCUT2D eigenvalue weighted by atomic mass is 79.9. The quantitative estimate of drug-likeness (QED) is 0.317. The summed E-state index contributed by atoms with van der Waals surface area (Å²) in [4.78, 5) is 13.3. The molecule has 2 aromatic rings. The first-order chi connectivity index (χ1) is 19.9. The number of carboxylic acid groups (broad SMARTS) is 1. The average molecular weight is 744 g/mol. The molecule has 4 heterocycles. The number of piperidine rings is 2. The fourth-order valence-electron chi connectivity index (χ4n) is 6.02. The van der Waals surface area contributed by atoms with Gasteiger partial charge >= 0.3 is 5.97 Å². The number of anilines is 1. The minimum absolute atomic E-state index is 0.0186. The molecule has 0 aliphatic carbocycles. The largest absolute Gasteiger partial charge is 0.481 e. The Labute approximate surface area is 270 Å². The lowest BCUT2D eigenvalue weighted by atomic mass is 9.87. The number of aliphatic carboxylic acids is 1. The highest BCUT2D eigenvalue weighted by Crippen LogP contribution is 2.38. The number of thiophene rings is 1. The molecule has 0 bridgehead atoms. The number of nitrogens with zero attached hydrogens (tertiary/aromatic N) is 3. The van der Waals surface area contributed by atoms with Crippen molar-refractivity contribution in [3.63, 3.8) is 0 Å². The molecule has 0 spiro atoms. The molecule has 3 saturated heterocycles. The summed E-state index contributed by atoms with van der Waals surface area (Å²) in [6, 6.07) is 6.36. The molecule has 3 aliphatic rings. The number of rotatable bonds is 10. The number of hydrogen-bond donors (Lipinski definition) is 1. The third-order valence-corrected chi connectivity index (χ3v) is 15.7. The minimum Gasteiger partial charge on any atom is -0.481 e. The van der Waals surface area contributed by atoms with Gasteiger partial charge in [-0.2, -0.15) is 8.61 Å². The molecule has 9 nitrogen and oxygen atoms in total. The summed E-state index contributed by atoms with van der Waals surface area (Å²) in [6.45, 7) is 2.75. The molecule has 0 radical (unpaired) electrons. The number of halogens is 3. The van der Waals surface area contributed by atoms with Crippen LogP contribution in [-0.2, 0) is 24.8 Å². The van der Waals surface area contributed by atoms with Gasteiger partial charge in [-0.1, -0.05) is 42.5 Å². The van der Waals surface area contributed by atoms with Crippen LogP contribution in [0, 0.1) is 17.8 Å². The first-order valence-electron chi connectivity index (χ1n) is 14.1. The van der Waals surface area contributed by atoms with Gasteiger partial charge < -0.3 is 10.0 Å². The predicted octanol–water partition coefficient (Wildman–Crippen LogP) is 6.01. The Bertz CT molecular complexity index is 1500. The van der Waals surface area contributed by atoms with Crippen molar-refractivity contribution in [2.75, 3.05) is 44.2 Å². The summed E-state index contributed by atoms with van der Waals surface area (Å²) in [7, 11) is -7.26. The summed E-state index contributed by atoms with van der Waals surface area (Å²) in [5.74, 6) is -0.486. The molecule has 0 saturated carbocycles. The van der Waals surface area contributed by atoms with Gasteiger partial charge in [0.25, 0.3) is 10.0 Å². The van der Waals surface area contributed by atoms with Crippen molar-refractivity contribution in [3.05, 3.63) is 38.1 Å². The highest BCUT2D eigenvalue weighted by molar-refractivity contribution is 9.10. The molecule has 232 valence electrons. The van der Waals surface area contributed by atoms with Crippen molar-refractivity contribution in [1.29, 1.82) is 0 Å². The van der Waals surface area contributed by atoms with Crippen LogP contribution in [0.1, 0.15) is 44.9 Å². The molecule has 1 aromatic heterocycles. The van der Waals surface area contributed by atoms with Crippen LogP contribution in [0.3, 0.4) is 0 Å². The van der Waals surface area contributed by atoms with Crippen LogP contribution < -0.4 is 4.90 Å². The lowest BCUT2D eigenvalue weighted by molar-refractivity contribution is -0.145. The molecule has 0 unspecified atom stereocenters. The summed E-state index contributed by atoms with van der Waals surface area (Å²) in [6.07, 6.45) is 7.21. The third-order valence-electron chi connectivity index (χ3n) is 8.72. The van der Waals surface area contributed by atoms with Crippen molar-refractivity contribution in [3.8, 4) is 0 Å². The predicted molar refractivity (Wildman–Crippen MR) is 169 cm³/mol. The Morgan fingerprint density at radius 2 is 1.50 bits per heavy atom. The second-order valence-corrected chi connectivity index (χ2v) is 18.4. The van der Waals surface area contributed by atoms with E-state index in [0.29, 0.717) is 38.8 Å². The highest BCUT2D eigenvalue weighted by Gasteiger charge is 2.40. The molecule has 1 aromatic carbocycles. The standard InChI is InChI=1S/C27H34BrCl2N3O6S3/c28-22-15-25(40-26(22)30)42(38,39)32-12-8-19(9-13-32)3-1-2-18-6-10-31(11-7-18)24-5-4-21(14-23(24)29)41(36,37)33-16-20(17-33)27(34)35/h4-5,14-15,18-20H,1-3,6-13,16-17H2,(H,34,35). The van der Waals surface area contributed by atoms with Gasteiger partial charge in [0.05, 0.1) is 21.5 Å². The van der Waals surface area contributed by atoms with E-state index in [2.05, 4.69) is 20.8 Å². The number of carbonyl (C=O) groups is 1. The molecule has 5 rings (SSSR count). The Kier molecular flexibility index (Phi) is 10.2. The number of sulfonamides is 2. The van der Waals surface area contributed by atoms with Gasteiger partial charge in [0, 0.05) is 43.7 Å². The van der Waals surface area contributed by atoms with E-state index in [9.17, 15) is 21.6 Å². The second kappa shape index (κ2) is 13.2. The summed E-state index contributed by atoms with van der Waals surface area (Å²) < 4.78 is 55.7. The maximum atomic E-state index is 13.0. The molecule has 42 heavy (non-hydrogen) atoms. The monoisotopic (exact) mass is 741 g/mol. The molecule has 0 atom stereocenters. The molecular weight excluding hydrogens is 709 g/mol. The van der Waals surface area contributed by atoms with Crippen molar-refractivity contribution in [1.82, 2.24) is 8.61 Å². The van der Waals surface area contributed by atoms with Gasteiger partial charge in [-0.25, -0.2) is 16.8 Å². The van der Waals surface area contributed by atoms with Crippen LogP contribution in [0.4, 0.5) is 5.69 Å².